The van der Waals surface area contributed by atoms with E-state index in [2.05, 4.69) is 0 Å². The number of carbonyl (C=O) groups excluding carboxylic acids is 1. The number of carboxylic acid groups (broad SMARTS) is 1. The van der Waals surface area contributed by atoms with Gasteiger partial charge >= 0.3 is 5.97 Å². The van der Waals surface area contributed by atoms with Crippen molar-refractivity contribution >= 4 is 11.9 Å². The zero-order chi connectivity index (χ0) is 18.8. The van der Waals surface area contributed by atoms with Gasteiger partial charge in [0.25, 0.3) is 5.91 Å². The third-order valence-corrected chi connectivity index (χ3v) is 4.41. The fraction of sp³-hybridized carbons (Fsp3) is 0.278. The van der Waals surface area contributed by atoms with Gasteiger partial charge in [0.05, 0.1) is 12.6 Å². The van der Waals surface area contributed by atoms with Crippen molar-refractivity contribution < 1.29 is 24.5 Å². The molecule has 26 heavy (non-hydrogen) atoms. The van der Waals surface area contributed by atoms with E-state index in [0.29, 0.717) is 6.61 Å². The van der Waals surface area contributed by atoms with Gasteiger partial charge in [-0.1, -0.05) is 30.3 Å². The van der Waals surface area contributed by atoms with Crippen molar-refractivity contribution in [2.75, 3.05) is 26.8 Å². The van der Waals surface area contributed by atoms with Crippen LogP contribution in [0.15, 0.2) is 41.3 Å². The molecule has 2 heterocycles. The zero-order valence-corrected chi connectivity index (χ0v) is 14.1. The summed E-state index contributed by atoms with van der Waals surface area (Å²) in [6.45, 7) is 0.846. The minimum absolute atomic E-state index is 0.212. The Morgan fingerprint density at radius 3 is 2.58 bits per heavy atom. The molecular formula is C18H18N2O6. The maximum absolute atomic E-state index is 12.8. The lowest BCUT2D eigenvalue weighted by Crippen LogP contribution is -2.46. The molecule has 8 nitrogen and oxygen atoms in total. The average molecular weight is 358 g/mol. The molecule has 0 fully saturated rings. The van der Waals surface area contributed by atoms with E-state index >= 15 is 0 Å². The SMILES string of the molecule is COCCN1C[C@H](c2ccccc2)n2cc(C(=O)O)c(=O)c(O)c2C1=O. The largest absolute Gasteiger partial charge is 0.503 e. The first-order valence-corrected chi connectivity index (χ1v) is 8.00. The van der Waals surface area contributed by atoms with E-state index in [-0.39, 0.29) is 18.8 Å². The second kappa shape index (κ2) is 7.01. The predicted octanol–water partition coefficient (Wildman–Crippen LogP) is 0.944. The lowest BCUT2D eigenvalue weighted by atomic mass is 10.0. The fourth-order valence-corrected chi connectivity index (χ4v) is 3.09. The molecule has 0 saturated heterocycles. The van der Waals surface area contributed by atoms with E-state index in [9.17, 15) is 24.6 Å². The van der Waals surface area contributed by atoms with Crippen LogP contribution >= 0.6 is 0 Å². The normalized spacial score (nSPS) is 16.4. The summed E-state index contributed by atoms with van der Waals surface area (Å²) in [5, 5.41) is 19.5. The van der Waals surface area contributed by atoms with Crippen molar-refractivity contribution in [3.63, 3.8) is 0 Å². The number of carbonyl (C=O) groups is 2. The van der Waals surface area contributed by atoms with Crippen LogP contribution in [0.3, 0.4) is 0 Å². The summed E-state index contributed by atoms with van der Waals surface area (Å²) < 4.78 is 6.40. The molecule has 0 bridgehead atoms. The molecular weight excluding hydrogens is 340 g/mol. The minimum atomic E-state index is -1.46. The van der Waals surface area contributed by atoms with Crippen molar-refractivity contribution in [2.24, 2.45) is 0 Å². The van der Waals surface area contributed by atoms with Gasteiger partial charge in [-0.2, -0.15) is 0 Å². The molecule has 1 aliphatic rings. The van der Waals surface area contributed by atoms with Crippen LogP contribution in [0, 0.1) is 0 Å². The summed E-state index contributed by atoms with van der Waals surface area (Å²) in [7, 11) is 1.51. The molecule has 0 radical (unpaired) electrons. The molecule has 0 aliphatic carbocycles. The molecule has 8 heteroatoms. The molecule has 0 unspecified atom stereocenters. The number of pyridine rings is 1. The molecule has 1 aliphatic heterocycles. The van der Waals surface area contributed by atoms with Gasteiger partial charge in [-0.15, -0.1) is 0 Å². The number of benzene rings is 1. The zero-order valence-electron chi connectivity index (χ0n) is 14.1. The molecule has 1 atom stereocenters. The molecule has 136 valence electrons. The van der Waals surface area contributed by atoms with Crippen molar-refractivity contribution in [3.05, 3.63) is 63.6 Å². The van der Waals surface area contributed by atoms with Crippen molar-refractivity contribution in [3.8, 4) is 5.75 Å². The Bertz CT molecular complexity index is 906. The van der Waals surface area contributed by atoms with Crippen LogP contribution in [-0.4, -0.2) is 58.4 Å². The number of carboxylic acids is 1. The number of aromatic hydroxyl groups is 1. The number of ether oxygens (including phenoxy) is 1. The maximum Gasteiger partial charge on any atom is 0.341 e. The third-order valence-electron chi connectivity index (χ3n) is 4.41. The number of methoxy groups -OCH3 is 1. The van der Waals surface area contributed by atoms with Crippen molar-refractivity contribution in [2.45, 2.75) is 6.04 Å². The summed E-state index contributed by atoms with van der Waals surface area (Å²) in [4.78, 5) is 37.7. The van der Waals surface area contributed by atoms with Gasteiger partial charge in [0.1, 0.15) is 5.56 Å². The summed E-state index contributed by atoms with van der Waals surface area (Å²) in [5.41, 5.74) is -1.04. The van der Waals surface area contributed by atoms with Gasteiger partial charge in [-0.05, 0) is 5.56 Å². The molecule has 3 rings (SSSR count). The van der Waals surface area contributed by atoms with Gasteiger partial charge in [0.2, 0.25) is 5.43 Å². The van der Waals surface area contributed by atoms with E-state index in [1.165, 1.54) is 16.6 Å². The van der Waals surface area contributed by atoms with E-state index in [4.69, 9.17) is 4.74 Å². The predicted molar refractivity (Wildman–Crippen MR) is 91.7 cm³/mol. The first-order valence-electron chi connectivity index (χ1n) is 8.00. The molecule has 2 N–H and O–H groups in total. The summed E-state index contributed by atoms with van der Waals surface area (Å²) in [6.07, 6.45) is 1.13. The van der Waals surface area contributed by atoms with Crippen LogP contribution in [0.5, 0.6) is 5.75 Å². The lowest BCUT2D eigenvalue weighted by Gasteiger charge is -2.36. The van der Waals surface area contributed by atoms with Crippen molar-refractivity contribution in [1.82, 2.24) is 9.47 Å². The molecule has 2 aromatic rings. The lowest BCUT2D eigenvalue weighted by molar-refractivity contribution is 0.0604. The second-order valence-corrected chi connectivity index (χ2v) is 5.95. The Kier molecular flexibility index (Phi) is 4.77. The first kappa shape index (κ1) is 17.7. The van der Waals surface area contributed by atoms with E-state index in [1.807, 2.05) is 30.3 Å². The monoisotopic (exact) mass is 358 g/mol. The second-order valence-electron chi connectivity index (χ2n) is 5.95. The standard InChI is InChI=1S/C18H18N2O6/c1-26-8-7-19-10-13(11-5-3-2-4-6-11)20-9-12(18(24)25)15(21)16(22)14(20)17(19)23/h2-6,9,13,22H,7-8,10H2,1H3,(H,24,25)/t13-/m1/s1. The quantitative estimate of drug-likeness (QED) is 0.823. The number of rotatable bonds is 5. The van der Waals surface area contributed by atoms with E-state index in [1.54, 1.807) is 0 Å². The Balaban J connectivity index is 2.22. The smallest absolute Gasteiger partial charge is 0.341 e. The number of aromatic nitrogens is 1. The van der Waals surface area contributed by atoms with Crippen LogP contribution in [0.4, 0.5) is 0 Å². The van der Waals surface area contributed by atoms with E-state index < -0.39 is 34.7 Å². The summed E-state index contributed by atoms with van der Waals surface area (Å²) in [5.74, 6) is -2.85. The van der Waals surface area contributed by atoms with Gasteiger partial charge in [-0.3, -0.25) is 9.59 Å². The first-order chi connectivity index (χ1) is 12.5. The van der Waals surface area contributed by atoms with Crippen LogP contribution in [-0.2, 0) is 4.74 Å². The van der Waals surface area contributed by atoms with Crippen molar-refractivity contribution in [1.29, 1.82) is 0 Å². The Labute approximate surface area is 148 Å². The van der Waals surface area contributed by atoms with Crippen LogP contribution in [0.25, 0.3) is 0 Å². The van der Waals surface area contributed by atoms with Gasteiger partial charge in [0.15, 0.2) is 11.4 Å². The minimum Gasteiger partial charge on any atom is -0.503 e. The number of fused-ring (bicyclic) bond motifs is 1. The van der Waals surface area contributed by atoms with E-state index in [0.717, 1.165) is 11.8 Å². The highest BCUT2D eigenvalue weighted by Crippen LogP contribution is 2.30. The van der Waals surface area contributed by atoms with Gasteiger partial charge < -0.3 is 24.4 Å². The molecule has 0 saturated carbocycles. The highest BCUT2D eigenvalue weighted by Gasteiger charge is 2.35. The number of hydrogen-bond acceptors (Lipinski definition) is 5. The van der Waals surface area contributed by atoms with Crippen LogP contribution < -0.4 is 5.43 Å². The summed E-state index contributed by atoms with van der Waals surface area (Å²) in [6, 6.07) is 8.73. The number of aromatic carboxylic acids is 1. The van der Waals surface area contributed by atoms with Gasteiger partial charge in [0, 0.05) is 26.4 Å². The Hall–Kier alpha value is -3.13. The molecule has 1 amide bonds. The van der Waals surface area contributed by atoms with Gasteiger partial charge in [-0.25, -0.2) is 4.79 Å². The average Bonchev–Trinajstić information content (AvgIpc) is 2.64. The molecule has 1 aromatic heterocycles. The number of amides is 1. The topological polar surface area (TPSA) is 109 Å². The Morgan fingerprint density at radius 1 is 1.27 bits per heavy atom. The van der Waals surface area contributed by atoms with Crippen LogP contribution in [0.2, 0.25) is 0 Å². The molecule has 0 spiro atoms. The highest BCUT2D eigenvalue weighted by atomic mass is 16.5. The third kappa shape index (κ3) is 2.95. The number of nitrogens with zero attached hydrogens (tertiary/aromatic N) is 2. The highest BCUT2D eigenvalue weighted by molar-refractivity contribution is 5.97. The summed E-state index contributed by atoms with van der Waals surface area (Å²) >= 11 is 0. The Morgan fingerprint density at radius 2 is 1.96 bits per heavy atom. The number of hydrogen-bond donors (Lipinski definition) is 2. The van der Waals surface area contributed by atoms with Crippen LogP contribution in [0.1, 0.15) is 32.5 Å². The maximum atomic E-state index is 12.8. The fourth-order valence-electron chi connectivity index (χ4n) is 3.09. The molecule has 1 aromatic carbocycles.